The predicted octanol–water partition coefficient (Wildman–Crippen LogP) is 3.40. The van der Waals surface area contributed by atoms with Gasteiger partial charge in [0.2, 0.25) is 0 Å². The molecule has 0 heterocycles. The zero-order chi connectivity index (χ0) is 12.0. The van der Waals surface area contributed by atoms with Crippen molar-refractivity contribution in [3.63, 3.8) is 0 Å². The lowest BCUT2D eigenvalue weighted by Crippen LogP contribution is -2.30. The molecule has 1 aromatic carbocycles. The zero-order valence-corrected chi connectivity index (χ0v) is 12.1. The Balaban J connectivity index is 2.58. The summed E-state index contributed by atoms with van der Waals surface area (Å²) in [5.74, 6) is 0.791. The van der Waals surface area contributed by atoms with Gasteiger partial charge in [-0.2, -0.15) is 0 Å². The van der Waals surface area contributed by atoms with E-state index >= 15 is 0 Å². The summed E-state index contributed by atoms with van der Waals surface area (Å²) in [6.45, 7) is 8.52. The van der Waals surface area contributed by atoms with Crippen LogP contribution in [0, 0.1) is 5.92 Å². The van der Waals surface area contributed by atoms with Crippen LogP contribution < -0.4 is 5.32 Å². The second kappa shape index (κ2) is 6.21. The van der Waals surface area contributed by atoms with E-state index in [4.69, 9.17) is 0 Å². The highest BCUT2D eigenvalue weighted by Gasteiger charge is 2.20. The first-order valence-electron chi connectivity index (χ1n) is 6.20. The smallest absolute Gasteiger partial charge is 0.0446 e. The molecule has 1 atom stereocenters. The van der Waals surface area contributed by atoms with Gasteiger partial charge in [-0.3, -0.25) is 0 Å². The molecule has 0 fully saturated rings. The summed E-state index contributed by atoms with van der Waals surface area (Å²) in [5, 5.41) is 3.33. The highest BCUT2D eigenvalue weighted by atomic mass is 28.3. The van der Waals surface area contributed by atoms with Crippen molar-refractivity contribution in [1.29, 1.82) is 0 Å². The summed E-state index contributed by atoms with van der Waals surface area (Å²) in [7, 11) is 1.11. The molecule has 16 heavy (non-hydrogen) atoms. The fourth-order valence-electron chi connectivity index (χ4n) is 2.32. The van der Waals surface area contributed by atoms with Gasteiger partial charge < -0.3 is 5.32 Å². The Morgan fingerprint density at radius 1 is 1.12 bits per heavy atom. The minimum absolute atomic E-state index is 0.791. The number of benzene rings is 1. The van der Waals surface area contributed by atoms with E-state index in [0.29, 0.717) is 0 Å². The van der Waals surface area contributed by atoms with Crippen molar-refractivity contribution in [2.45, 2.75) is 32.1 Å². The van der Waals surface area contributed by atoms with Gasteiger partial charge in [-0.05, 0) is 31.5 Å². The Morgan fingerprint density at radius 3 is 2.25 bits per heavy atom. The van der Waals surface area contributed by atoms with Crippen LogP contribution in [0.5, 0.6) is 0 Å². The first kappa shape index (κ1) is 13.5. The van der Waals surface area contributed by atoms with Crippen LogP contribution in [0.3, 0.4) is 0 Å². The van der Waals surface area contributed by atoms with Crippen LogP contribution >= 0.6 is 0 Å². The van der Waals surface area contributed by atoms with Crippen molar-refractivity contribution >= 4 is 8.07 Å². The molecule has 0 aromatic heterocycles. The van der Waals surface area contributed by atoms with Crippen LogP contribution in [0.15, 0.2) is 30.3 Å². The molecule has 1 unspecified atom stereocenters. The highest BCUT2D eigenvalue weighted by Crippen LogP contribution is 2.20. The molecule has 2 heteroatoms. The largest absolute Gasteiger partial charge is 0.319 e. The highest BCUT2D eigenvalue weighted by molar-refractivity contribution is 6.76. The number of rotatable bonds is 6. The van der Waals surface area contributed by atoms with Gasteiger partial charge in [0, 0.05) is 8.07 Å². The van der Waals surface area contributed by atoms with Crippen LogP contribution in [0.25, 0.3) is 0 Å². The van der Waals surface area contributed by atoms with Crippen molar-refractivity contribution in [2.24, 2.45) is 5.92 Å². The van der Waals surface area contributed by atoms with Gasteiger partial charge in [0.1, 0.15) is 0 Å². The maximum absolute atomic E-state index is 3.33. The van der Waals surface area contributed by atoms with Gasteiger partial charge >= 0.3 is 0 Å². The van der Waals surface area contributed by atoms with E-state index in [1.54, 1.807) is 0 Å². The third kappa shape index (κ3) is 5.47. The number of hydrogen-bond donors (Lipinski definition) is 1. The van der Waals surface area contributed by atoms with Crippen molar-refractivity contribution in [1.82, 2.24) is 5.32 Å². The van der Waals surface area contributed by atoms with Crippen molar-refractivity contribution < 1.29 is 0 Å². The second-order valence-electron chi connectivity index (χ2n) is 5.88. The molecule has 0 radical (unpaired) electrons. The van der Waals surface area contributed by atoms with Crippen LogP contribution in [0.2, 0.25) is 25.7 Å². The van der Waals surface area contributed by atoms with Crippen LogP contribution in [0.1, 0.15) is 5.56 Å². The topological polar surface area (TPSA) is 12.0 Å². The Morgan fingerprint density at radius 2 is 1.75 bits per heavy atom. The average Bonchev–Trinajstić information content (AvgIpc) is 2.17. The van der Waals surface area contributed by atoms with E-state index in [2.05, 4.69) is 62.3 Å². The minimum Gasteiger partial charge on any atom is -0.319 e. The minimum atomic E-state index is -0.951. The molecule has 0 amide bonds. The van der Waals surface area contributed by atoms with Crippen LogP contribution in [0.4, 0.5) is 0 Å². The molecule has 1 N–H and O–H groups in total. The van der Waals surface area contributed by atoms with Crippen LogP contribution in [-0.4, -0.2) is 21.7 Å². The van der Waals surface area contributed by atoms with Gasteiger partial charge in [0.25, 0.3) is 0 Å². The Kier molecular flexibility index (Phi) is 5.23. The van der Waals surface area contributed by atoms with Gasteiger partial charge in [0.15, 0.2) is 0 Å². The lowest BCUT2D eigenvalue weighted by atomic mass is 10.0. The Labute approximate surface area is 101 Å². The van der Waals surface area contributed by atoms with E-state index < -0.39 is 8.07 Å². The molecule has 90 valence electrons. The standard InChI is InChI=1S/C14H25NSi/c1-15-11-14(12-16(2,3)4)10-13-8-6-5-7-9-13/h5-9,14-15H,10-12H2,1-4H3. The lowest BCUT2D eigenvalue weighted by molar-refractivity contribution is 0.535. The summed E-state index contributed by atoms with van der Waals surface area (Å²) in [5.41, 5.74) is 1.47. The molecule has 0 aliphatic rings. The maximum Gasteiger partial charge on any atom is 0.0446 e. The van der Waals surface area contributed by atoms with E-state index in [1.165, 1.54) is 18.0 Å². The summed E-state index contributed by atoms with van der Waals surface area (Å²) in [4.78, 5) is 0. The van der Waals surface area contributed by atoms with Gasteiger partial charge in [-0.25, -0.2) is 0 Å². The van der Waals surface area contributed by atoms with E-state index in [0.717, 1.165) is 12.5 Å². The molecule has 0 aliphatic carbocycles. The average molecular weight is 235 g/mol. The number of nitrogens with one attached hydrogen (secondary N) is 1. The molecule has 1 nitrogen and oxygen atoms in total. The fraction of sp³-hybridized carbons (Fsp3) is 0.571. The van der Waals surface area contributed by atoms with E-state index in [9.17, 15) is 0 Å². The summed E-state index contributed by atoms with van der Waals surface area (Å²) >= 11 is 0. The third-order valence-electron chi connectivity index (χ3n) is 2.76. The van der Waals surface area contributed by atoms with E-state index in [-0.39, 0.29) is 0 Å². The normalized spacial score (nSPS) is 13.8. The molecular weight excluding hydrogens is 210 g/mol. The van der Waals surface area contributed by atoms with E-state index in [1.807, 2.05) is 0 Å². The molecule has 0 bridgehead atoms. The Bertz CT molecular complexity index is 289. The summed E-state index contributed by atoms with van der Waals surface area (Å²) < 4.78 is 0. The molecular formula is C14H25NSi. The van der Waals surface area contributed by atoms with Crippen LogP contribution in [-0.2, 0) is 6.42 Å². The molecule has 1 aromatic rings. The zero-order valence-electron chi connectivity index (χ0n) is 11.1. The third-order valence-corrected chi connectivity index (χ3v) is 4.56. The molecule has 0 spiro atoms. The monoisotopic (exact) mass is 235 g/mol. The first-order chi connectivity index (χ1) is 7.51. The summed E-state index contributed by atoms with van der Waals surface area (Å²) in [6.07, 6.45) is 1.21. The summed E-state index contributed by atoms with van der Waals surface area (Å²) in [6, 6.07) is 12.3. The number of hydrogen-bond acceptors (Lipinski definition) is 1. The maximum atomic E-state index is 3.33. The Hall–Kier alpha value is -0.603. The second-order valence-corrected chi connectivity index (χ2v) is 11.4. The van der Waals surface area contributed by atoms with Crippen molar-refractivity contribution in [3.05, 3.63) is 35.9 Å². The van der Waals surface area contributed by atoms with Crippen molar-refractivity contribution in [2.75, 3.05) is 13.6 Å². The predicted molar refractivity (Wildman–Crippen MR) is 75.7 cm³/mol. The quantitative estimate of drug-likeness (QED) is 0.745. The molecule has 0 saturated heterocycles. The van der Waals surface area contributed by atoms with Gasteiger partial charge in [-0.1, -0.05) is 56.0 Å². The molecule has 0 aliphatic heterocycles. The van der Waals surface area contributed by atoms with Crippen molar-refractivity contribution in [3.8, 4) is 0 Å². The van der Waals surface area contributed by atoms with Gasteiger partial charge in [0.05, 0.1) is 0 Å². The lowest BCUT2D eigenvalue weighted by Gasteiger charge is -2.24. The fourth-order valence-corrected chi connectivity index (χ4v) is 4.34. The SMILES string of the molecule is CNCC(Cc1ccccc1)C[Si](C)(C)C. The molecule has 0 saturated carbocycles. The van der Waals surface area contributed by atoms with Gasteiger partial charge in [-0.15, -0.1) is 0 Å². The first-order valence-corrected chi connectivity index (χ1v) is 9.90. The molecule has 1 rings (SSSR count).